The first-order valence-electron chi connectivity index (χ1n) is 6.67. The average Bonchev–Trinajstić information content (AvgIpc) is 2.47. The van der Waals surface area contributed by atoms with E-state index in [2.05, 4.69) is 11.9 Å². The molecule has 0 aliphatic rings. The minimum Gasteiger partial charge on any atom is -0.497 e. The van der Waals surface area contributed by atoms with E-state index in [1.54, 1.807) is 19.2 Å². The fourth-order valence-corrected chi connectivity index (χ4v) is 1.93. The molecule has 1 aromatic carbocycles. The van der Waals surface area contributed by atoms with E-state index in [0.29, 0.717) is 11.6 Å². The molecule has 0 spiro atoms. The number of aryl methyl sites for hydroxylation is 1. The molecule has 4 nitrogen and oxygen atoms in total. The van der Waals surface area contributed by atoms with Crippen LogP contribution in [-0.4, -0.2) is 17.2 Å². The van der Waals surface area contributed by atoms with Gasteiger partial charge in [-0.3, -0.25) is 0 Å². The van der Waals surface area contributed by atoms with Gasteiger partial charge in [0.2, 0.25) is 5.88 Å². The van der Waals surface area contributed by atoms with Crippen LogP contribution in [0, 0.1) is 0 Å². The van der Waals surface area contributed by atoms with Crippen molar-refractivity contribution >= 4 is 0 Å². The van der Waals surface area contributed by atoms with E-state index in [-0.39, 0.29) is 6.61 Å². The number of aliphatic hydroxyl groups is 1. The summed E-state index contributed by atoms with van der Waals surface area (Å²) in [6, 6.07) is 11.0. The molecule has 20 heavy (non-hydrogen) atoms. The largest absolute Gasteiger partial charge is 0.497 e. The lowest BCUT2D eigenvalue weighted by atomic mass is 10.2. The summed E-state index contributed by atoms with van der Waals surface area (Å²) in [5.74, 6) is 1.89. The minimum absolute atomic E-state index is 0.0201. The van der Waals surface area contributed by atoms with Crippen LogP contribution >= 0.6 is 0 Å². The fourth-order valence-electron chi connectivity index (χ4n) is 1.93. The van der Waals surface area contributed by atoms with Crippen molar-refractivity contribution in [1.29, 1.82) is 0 Å². The van der Waals surface area contributed by atoms with Gasteiger partial charge in [0, 0.05) is 17.8 Å². The molecule has 0 atom stereocenters. The van der Waals surface area contributed by atoms with Gasteiger partial charge in [-0.2, -0.15) is 0 Å². The molecule has 0 aliphatic carbocycles. The number of nitrogens with zero attached hydrogens (tertiary/aromatic N) is 1. The number of rotatable bonds is 6. The van der Waals surface area contributed by atoms with E-state index < -0.39 is 0 Å². The first-order valence-corrected chi connectivity index (χ1v) is 6.67. The molecule has 0 radical (unpaired) electrons. The lowest BCUT2D eigenvalue weighted by Crippen LogP contribution is -1.97. The number of ether oxygens (including phenoxy) is 2. The third kappa shape index (κ3) is 3.71. The lowest BCUT2D eigenvalue weighted by molar-refractivity contribution is 0.280. The van der Waals surface area contributed by atoms with Crippen LogP contribution < -0.4 is 9.47 Å². The topological polar surface area (TPSA) is 51.6 Å². The summed E-state index contributed by atoms with van der Waals surface area (Å²) in [4.78, 5) is 4.45. The van der Waals surface area contributed by atoms with Crippen molar-refractivity contribution in [3.05, 3.63) is 47.7 Å². The second-order valence-electron chi connectivity index (χ2n) is 4.49. The third-order valence-corrected chi connectivity index (χ3v) is 2.87. The van der Waals surface area contributed by atoms with Crippen molar-refractivity contribution in [2.24, 2.45) is 0 Å². The number of methoxy groups -OCH3 is 1. The minimum atomic E-state index is -0.0201. The third-order valence-electron chi connectivity index (χ3n) is 2.87. The lowest BCUT2D eigenvalue weighted by Gasteiger charge is -2.09. The Bertz CT molecular complexity index is 569. The van der Waals surface area contributed by atoms with Crippen molar-refractivity contribution in [3.63, 3.8) is 0 Å². The highest BCUT2D eigenvalue weighted by molar-refractivity contribution is 5.36. The van der Waals surface area contributed by atoms with Crippen LogP contribution in [0.3, 0.4) is 0 Å². The second-order valence-corrected chi connectivity index (χ2v) is 4.49. The Morgan fingerprint density at radius 3 is 2.65 bits per heavy atom. The molecule has 0 bridgehead atoms. The molecular formula is C16H19NO3. The summed E-state index contributed by atoms with van der Waals surface area (Å²) in [6.07, 6.45) is 1.86. The summed E-state index contributed by atoms with van der Waals surface area (Å²) in [5.41, 5.74) is 1.73. The molecule has 0 aliphatic heterocycles. The zero-order chi connectivity index (χ0) is 14.4. The maximum atomic E-state index is 9.30. The first-order chi connectivity index (χ1) is 9.75. The van der Waals surface area contributed by atoms with E-state index >= 15 is 0 Å². The number of benzene rings is 1. The van der Waals surface area contributed by atoms with Crippen molar-refractivity contribution in [2.45, 2.75) is 26.4 Å². The summed E-state index contributed by atoms with van der Waals surface area (Å²) in [7, 11) is 1.61. The summed E-state index contributed by atoms with van der Waals surface area (Å²) in [6.45, 7) is 2.07. The van der Waals surface area contributed by atoms with Gasteiger partial charge in [-0.1, -0.05) is 19.4 Å². The molecule has 106 valence electrons. The van der Waals surface area contributed by atoms with Gasteiger partial charge in [-0.25, -0.2) is 4.98 Å². The Kier molecular flexibility index (Phi) is 4.96. The summed E-state index contributed by atoms with van der Waals surface area (Å²) in [5, 5.41) is 9.30. The van der Waals surface area contributed by atoms with Gasteiger partial charge in [-0.15, -0.1) is 0 Å². The number of pyridine rings is 1. The molecule has 0 fully saturated rings. The van der Waals surface area contributed by atoms with Crippen LogP contribution in [0.1, 0.15) is 24.6 Å². The molecule has 2 rings (SSSR count). The zero-order valence-corrected chi connectivity index (χ0v) is 11.8. The quantitative estimate of drug-likeness (QED) is 0.877. The van der Waals surface area contributed by atoms with Crippen molar-refractivity contribution in [2.75, 3.05) is 7.11 Å². The van der Waals surface area contributed by atoms with Gasteiger partial charge < -0.3 is 14.6 Å². The summed E-state index contributed by atoms with van der Waals surface area (Å²) >= 11 is 0. The number of hydrogen-bond acceptors (Lipinski definition) is 4. The van der Waals surface area contributed by atoms with E-state index in [4.69, 9.17) is 9.47 Å². The highest BCUT2D eigenvalue weighted by atomic mass is 16.5. The van der Waals surface area contributed by atoms with E-state index in [1.165, 1.54) is 0 Å². The predicted molar refractivity (Wildman–Crippen MR) is 77.2 cm³/mol. The van der Waals surface area contributed by atoms with Gasteiger partial charge in [0.05, 0.1) is 13.7 Å². The van der Waals surface area contributed by atoms with Gasteiger partial charge in [0.25, 0.3) is 0 Å². The maximum absolute atomic E-state index is 9.30. The fraction of sp³-hybridized carbons (Fsp3) is 0.312. The Labute approximate surface area is 119 Å². The van der Waals surface area contributed by atoms with Crippen LogP contribution in [0.15, 0.2) is 36.4 Å². The van der Waals surface area contributed by atoms with Crippen molar-refractivity contribution in [1.82, 2.24) is 4.98 Å². The molecule has 1 aromatic heterocycles. The average molecular weight is 273 g/mol. The first kappa shape index (κ1) is 14.3. The molecule has 1 N–H and O–H groups in total. The molecule has 0 amide bonds. The molecule has 1 heterocycles. The SMILES string of the molecule is CCCc1cc(CO)cc(Oc2cccc(OC)c2)n1. The maximum Gasteiger partial charge on any atom is 0.219 e. The monoisotopic (exact) mass is 273 g/mol. The van der Waals surface area contributed by atoms with Gasteiger partial charge in [-0.05, 0) is 30.2 Å². The smallest absolute Gasteiger partial charge is 0.219 e. The summed E-state index contributed by atoms with van der Waals surface area (Å²) < 4.78 is 10.9. The Morgan fingerprint density at radius 2 is 1.95 bits per heavy atom. The van der Waals surface area contributed by atoms with E-state index in [0.717, 1.165) is 29.8 Å². The molecule has 0 saturated carbocycles. The molecule has 4 heteroatoms. The Hall–Kier alpha value is -2.07. The number of aromatic nitrogens is 1. The van der Waals surface area contributed by atoms with Crippen molar-refractivity contribution in [3.8, 4) is 17.4 Å². The van der Waals surface area contributed by atoms with E-state index in [1.807, 2.05) is 24.3 Å². The standard InChI is InChI=1S/C16H19NO3/c1-3-5-13-8-12(11-18)9-16(17-13)20-15-7-4-6-14(10-15)19-2/h4,6-10,18H,3,5,11H2,1-2H3. The highest BCUT2D eigenvalue weighted by Crippen LogP contribution is 2.25. The molecule has 2 aromatic rings. The van der Waals surface area contributed by atoms with Crippen LogP contribution in [0.2, 0.25) is 0 Å². The predicted octanol–water partition coefficient (Wildman–Crippen LogP) is 3.33. The Morgan fingerprint density at radius 1 is 1.15 bits per heavy atom. The Balaban J connectivity index is 2.24. The van der Waals surface area contributed by atoms with Crippen LogP contribution in [-0.2, 0) is 13.0 Å². The molecular weight excluding hydrogens is 254 g/mol. The van der Waals surface area contributed by atoms with Gasteiger partial charge in [0.1, 0.15) is 11.5 Å². The molecule has 0 saturated heterocycles. The zero-order valence-electron chi connectivity index (χ0n) is 11.8. The number of aliphatic hydroxyl groups excluding tert-OH is 1. The molecule has 0 unspecified atom stereocenters. The van der Waals surface area contributed by atoms with Crippen LogP contribution in [0.5, 0.6) is 17.4 Å². The van der Waals surface area contributed by atoms with Crippen LogP contribution in [0.25, 0.3) is 0 Å². The second kappa shape index (κ2) is 6.91. The van der Waals surface area contributed by atoms with E-state index in [9.17, 15) is 5.11 Å². The normalized spacial score (nSPS) is 10.3. The van der Waals surface area contributed by atoms with Gasteiger partial charge in [0.15, 0.2) is 0 Å². The van der Waals surface area contributed by atoms with Crippen molar-refractivity contribution < 1.29 is 14.6 Å². The van der Waals surface area contributed by atoms with Crippen LogP contribution in [0.4, 0.5) is 0 Å². The number of hydrogen-bond donors (Lipinski definition) is 1. The van der Waals surface area contributed by atoms with Gasteiger partial charge >= 0.3 is 0 Å². The highest BCUT2D eigenvalue weighted by Gasteiger charge is 2.05.